The summed E-state index contributed by atoms with van der Waals surface area (Å²) < 4.78 is 47.3. The number of imidazole rings is 1. The van der Waals surface area contributed by atoms with Gasteiger partial charge in [0, 0.05) is 13.3 Å². The second-order valence-electron chi connectivity index (χ2n) is 10.3. The van der Waals surface area contributed by atoms with Gasteiger partial charge in [-0.05, 0) is 5.56 Å². The van der Waals surface area contributed by atoms with Crippen LogP contribution in [-0.2, 0) is 53.2 Å². The van der Waals surface area contributed by atoms with E-state index in [4.69, 9.17) is 27.8 Å². The van der Waals surface area contributed by atoms with Gasteiger partial charge in [0.1, 0.15) is 31.4 Å². The van der Waals surface area contributed by atoms with Gasteiger partial charge in [-0.15, -0.1) is 6.58 Å². The van der Waals surface area contributed by atoms with Gasteiger partial charge < -0.3 is 30.0 Å². The number of esters is 1. The number of anilines is 1. The van der Waals surface area contributed by atoms with Crippen LogP contribution in [0.1, 0.15) is 25.1 Å². The number of hydrogen-bond donors (Lipinski definition) is 3. The number of fused-ring (bicyclic) bond motifs is 1. The van der Waals surface area contributed by atoms with Crippen molar-refractivity contribution >= 4 is 48.7 Å². The first-order chi connectivity index (χ1) is 23.5. The van der Waals surface area contributed by atoms with Crippen molar-refractivity contribution in [1.29, 1.82) is 0 Å². The molecule has 262 valence electrons. The highest BCUT2D eigenvalue weighted by molar-refractivity contribution is 7.48. The normalized spacial score (nSPS) is 18.9. The molecule has 0 spiro atoms. The number of aliphatic carboxylic acids is 1. The third-order valence-corrected chi connectivity index (χ3v) is 8.10. The molecule has 0 bridgehead atoms. The highest BCUT2D eigenvalue weighted by Gasteiger charge is 2.42. The van der Waals surface area contributed by atoms with Crippen molar-refractivity contribution in [3.05, 3.63) is 73.9 Å². The molecule has 1 fully saturated rings. The van der Waals surface area contributed by atoms with Gasteiger partial charge in [-0.3, -0.25) is 27.7 Å². The standard InChI is InChI=1S/C30H35N6O12P/c1-4-11-43-30(41)34-21(29(39)40)15-45-49(42,44-12-5-2)46-16-23-22(47-19(3)37)14-25(48-23)36-18-33-26-27(31-17-32-28(26)36)35-24(38)13-20-9-7-6-8-10-20/h4-10,17-18,21-23,25H,1-2,11-16H2,3H3,(H,34,41)(H,39,40)(H,31,32,35,38)/t21-,22-,23+,25+,49?/m0/s1. The summed E-state index contributed by atoms with van der Waals surface area (Å²) in [6.07, 6.45) is 1.59. The maximum absolute atomic E-state index is 13.5. The molecule has 49 heavy (non-hydrogen) atoms. The molecule has 0 saturated carbocycles. The lowest BCUT2D eigenvalue weighted by molar-refractivity contribution is -0.150. The van der Waals surface area contributed by atoms with E-state index in [1.807, 2.05) is 30.3 Å². The zero-order valence-electron chi connectivity index (χ0n) is 26.3. The van der Waals surface area contributed by atoms with E-state index in [1.54, 1.807) is 4.57 Å². The minimum Gasteiger partial charge on any atom is -0.480 e. The first-order valence-electron chi connectivity index (χ1n) is 14.8. The first-order valence-corrected chi connectivity index (χ1v) is 16.2. The van der Waals surface area contributed by atoms with Crippen molar-refractivity contribution in [2.45, 2.75) is 44.2 Å². The molecule has 3 heterocycles. The number of nitrogens with one attached hydrogen (secondary N) is 2. The average molecular weight is 703 g/mol. The number of aromatic nitrogens is 4. The Morgan fingerprint density at radius 1 is 1.10 bits per heavy atom. The molecule has 5 atom stereocenters. The molecule has 0 radical (unpaired) electrons. The molecule has 3 N–H and O–H groups in total. The Balaban J connectivity index is 1.46. The fourth-order valence-corrected chi connectivity index (χ4v) is 5.72. The smallest absolute Gasteiger partial charge is 0.475 e. The fraction of sp³-hybridized carbons (Fsp3) is 0.367. The van der Waals surface area contributed by atoms with E-state index in [9.17, 15) is 28.8 Å². The third kappa shape index (κ3) is 10.5. The van der Waals surface area contributed by atoms with Gasteiger partial charge in [0.2, 0.25) is 5.91 Å². The second kappa shape index (κ2) is 17.4. The van der Waals surface area contributed by atoms with E-state index in [0.29, 0.717) is 5.65 Å². The molecule has 3 aromatic rings. The van der Waals surface area contributed by atoms with Gasteiger partial charge in [0.05, 0.1) is 32.6 Å². The average Bonchev–Trinajstić information content (AvgIpc) is 3.68. The summed E-state index contributed by atoms with van der Waals surface area (Å²) in [7, 11) is -4.52. The summed E-state index contributed by atoms with van der Waals surface area (Å²) in [6, 6.07) is 7.47. The highest BCUT2D eigenvalue weighted by Crippen LogP contribution is 2.50. The zero-order valence-corrected chi connectivity index (χ0v) is 27.2. The molecule has 1 aromatic carbocycles. The predicted molar refractivity (Wildman–Crippen MR) is 170 cm³/mol. The maximum Gasteiger partial charge on any atom is 0.475 e. The van der Waals surface area contributed by atoms with Gasteiger partial charge in [-0.2, -0.15) is 0 Å². The van der Waals surface area contributed by atoms with Gasteiger partial charge in [-0.25, -0.2) is 29.1 Å². The SMILES string of the molecule is C=CCOC(=O)N[C@@H](COP(=O)(OCC=C)OC[C@H]1O[C@@H](n2cnc3c(NC(=O)Cc4ccccc4)ncnc32)C[C@@H]1OC(C)=O)C(=O)O. The fourth-order valence-electron chi connectivity index (χ4n) is 4.55. The molecular weight excluding hydrogens is 667 g/mol. The van der Waals surface area contributed by atoms with E-state index in [2.05, 4.69) is 38.7 Å². The first kappa shape index (κ1) is 36.8. The monoisotopic (exact) mass is 702 g/mol. The van der Waals surface area contributed by atoms with Crippen LogP contribution in [0, 0.1) is 0 Å². The van der Waals surface area contributed by atoms with Crippen molar-refractivity contribution in [2.24, 2.45) is 0 Å². The molecule has 1 aliphatic rings. The number of alkyl carbamates (subject to hydrolysis) is 1. The van der Waals surface area contributed by atoms with Crippen LogP contribution in [0.25, 0.3) is 11.2 Å². The number of carboxylic acids is 1. The summed E-state index contributed by atoms with van der Waals surface area (Å²) in [6.45, 7) is 6.25. The summed E-state index contributed by atoms with van der Waals surface area (Å²) in [5.41, 5.74) is 1.40. The molecular formula is C30H35N6O12P. The number of rotatable bonds is 18. The second-order valence-corrected chi connectivity index (χ2v) is 12.0. The lowest BCUT2D eigenvalue weighted by Crippen LogP contribution is -2.44. The predicted octanol–water partition coefficient (Wildman–Crippen LogP) is 2.94. The van der Waals surface area contributed by atoms with E-state index in [0.717, 1.165) is 5.56 Å². The molecule has 2 amide bonds. The largest absolute Gasteiger partial charge is 0.480 e. The molecule has 1 saturated heterocycles. The number of carbonyl (C=O) groups is 4. The summed E-state index contributed by atoms with van der Waals surface area (Å²) in [5, 5.41) is 14.3. The van der Waals surface area contributed by atoms with Crippen LogP contribution in [-0.4, -0.2) is 93.2 Å². The van der Waals surface area contributed by atoms with Crippen molar-refractivity contribution in [3.63, 3.8) is 0 Å². The molecule has 2 aromatic heterocycles. The van der Waals surface area contributed by atoms with Gasteiger partial charge in [0.15, 0.2) is 23.0 Å². The van der Waals surface area contributed by atoms with Gasteiger partial charge in [-0.1, -0.05) is 49.1 Å². The van der Waals surface area contributed by atoms with Crippen molar-refractivity contribution in [1.82, 2.24) is 24.8 Å². The minimum atomic E-state index is -4.52. The van der Waals surface area contributed by atoms with E-state index in [-0.39, 0.29) is 43.3 Å². The highest BCUT2D eigenvalue weighted by atomic mass is 31.2. The van der Waals surface area contributed by atoms with E-state index in [1.165, 1.54) is 31.7 Å². The van der Waals surface area contributed by atoms with Crippen LogP contribution < -0.4 is 10.6 Å². The quantitative estimate of drug-likeness (QED) is 0.0983. The number of amides is 2. The summed E-state index contributed by atoms with van der Waals surface area (Å²) in [5.74, 6) is -2.27. The van der Waals surface area contributed by atoms with Crippen LogP contribution in [0.5, 0.6) is 0 Å². The third-order valence-electron chi connectivity index (χ3n) is 6.70. The maximum atomic E-state index is 13.5. The number of phosphoric ester groups is 1. The summed E-state index contributed by atoms with van der Waals surface area (Å²) >= 11 is 0. The Bertz CT molecular complexity index is 1700. The van der Waals surface area contributed by atoms with E-state index < -0.39 is 63.5 Å². The number of nitrogens with zero attached hydrogens (tertiary/aromatic N) is 4. The number of ether oxygens (including phenoxy) is 3. The molecule has 1 aliphatic heterocycles. The number of carboxylic acid groups (broad SMARTS) is 1. The van der Waals surface area contributed by atoms with Crippen LogP contribution >= 0.6 is 7.82 Å². The van der Waals surface area contributed by atoms with Crippen molar-refractivity contribution in [2.75, 3.05) is 31.7 Å². The number of carbonyl (C=O) groups excluding carboxylic acids is 3. The van der Waals surface area contributed by atoms with Gasteiger partial charge in [0.25, 0.3) is 0 Å². The topological polar surface area (TPSA) is 229 Å². The molecule has 1 unspecified atom stereocenters. The molecule has 18 nitrogen and oxygen atoms in total. The molecule has 19 heteroatoms. The summed E-state index contributed by atoms with van der Waals surface area (Å²) in [4.78, 5) is 61.0. The number of benzene rings is 1. The van der Waals surface area contributed by atoms with Crippen LogP contribution in [0.3, 0.4) is 0 Å². The van der Waals surface area contributed by atoms with Crippen molar-refractivity contribution < 1.29 is 56.6 Å². The lowest BCUT2D eigenvalue weighted by atomic mass is 10.1. The van der Waals surface area contributed by atoms with Gasteiger partial charge >= 0.3 is 25.9 Å². The van der Waals surface area contributed by atoms with Crippen LogP contribution in [0.2, 0.25) is 0 Å². The Hall–Kier alpha value is -5.00. The van der Waals surface area contributed by atoms with E-state index >= 15 is 0 Å². The van der Waals surface area contributed by atoms with Crippen molar-refractivity contribution in [3.8, 4) is 0 Å². The van der Waals surface area contributed by atoms with Crippen LogP contribution in [0.4, 0.5) is 10.6 Å². The Kier molecular flexibility index (Phi) is 13.1. The Labute approximate surface area is 280 Å². The Morgan fingerprint density at radius 3 is 2.55 bits per heavy atom. The molecule has 0 aliphatic carbocycles. The lowest BCUT2D eigenvalue weighted by Gasteiger charge is -2.23. The Morgan fingerprint density at radius 2 is 1.86 bits per heavy atom. The number of hydrogen-bond acceptors (Lipinski definition) is 14. The minimum absolute atomic E-state index is 0.0925. The molecule has 4 rings (SSSR count). The van der Waals surface area contributed by atoms with Crippen LogP contribution in [0.15, 0.2) is 68.3 Å². The zero-order chi connectivity index (χ0) is 35.4. The number of phosphoric acid groups is 1.